The van der Waals surface area contributed by atoms with Crippen LogP contribution in [-0.2, 0) is 43.2 Å². The Kier molecular flexibility index (Phi) is 14.7. The molecular weight excluding hydrogens is 747 g/mol. The summed E-state index contributed by atoms with van der Waals surface area (Å²) in [5, 5.41) is 25.7. The van der Waals surface area contributed by atoms with Crippen molar-refractivity contribution in [2.24, 2.45) is 0 Å². The minimum atomic E-state index is -5.00. The lowest BCUT2D eigenvalue weighted by Gasteiger charge is -2.47. The number of rotatable bonds is 16. The average Bonchev–Trinajstić information content (AvgIpc) is 3.20. The highest BCUT2D eigenvalue weighted by molar-refractivity contribution is 5.97. The van der Waals surface area contributed by atoms with Crippen molar-refractivity contribution in [2.45, 2.75) is 94.7 Å². The summed E-state index contributed by atoms with van der Waals surface area (Å²) in [4.78, 5) is 42.9. The molecule has 1 atom stereocenters. The van der Waals surface area contributed by atoms with E-state index in [9.17, 15) is 37.8 Å². The Hall–Kier alpha value is -3.96. The van der Waals surface area contributed by atoms with Gasteiger partial charge >= 0.3 is 6.18 Å². The number of hydrogen-bond donors (Lipinski definition) is 4. The zero-order valence-corrected chi connectivity index (χ0v) is 32.5. The number of alkyl halides is 3. The molecule has 2 saturated heterocycles. The highest BCUT2D eigenvalue weighted by Gasteiger charge is 2.48. The van der Waals surface area contributed by atoms with Gasteiger partial charge in [0.15, 0.2) is 12.4 Å². The minimum absolute atomic E-state index is 0.0231. The molecule has 0 aromatic heterocycles. The molecule has 1 spiro atoms. The van der Waals surface area contributed by atoms with Crippen LogP contribution in [0, 0.1) is 0 Å². The Labute approximate surface area is 331 Å². The molecule has 1 aliphatic carbocycles. The number of morpholine rings is 1. The van der Waals surface area contributed by atoms with Crippen LogP contribution in [0.4, 0.5) is 18.9 Å². The molecule has 1 saturated carbocycles. The average molecular weight is 804 g/mol. The van der Waals surface area contributed by atoms with Crippen molar-refractivity contribution in [2.75, 3.05) is 77.6 Å². The molecule has 4 N–H and O–H groups in total. The number of anilines is 1. The predicted molar refractivity (Wildman–Crippen MR) is 205 cm³/mol. The lowest BCUT2D eigenvalue weighted by atomic mass is 9.89. The summed E-state index contributed by atoms with van der Waals surface area (Å²) in [6.07, 6.45) is 0.220. The number of aliphatic hydroxyl groups is 1. The topological polar surface area (TPSA) is 153 Å². The maximum Gasteiger partial charge on any atom is 0.423 e. The summed E-state index contributed by atoms with van der Waals surface area (Å²) < 4.78 is 56.4. The standard InChI is InChI=1S/C41H56F3N5O8/c42-41(43,44)38(53)39(54)48-21-24-57-40(28-48)14-18-47(19-15-40)26-30-6-4-5-29(25-30)12-22-55-23-13-35(52)49(32-7-2-1-3-8-32)20-17-45-16-11-31-9-10-33(50)36-37(31)56-27-34(51)46-36/h4-6,9-10,25,32,38,45,50,53H,1-3,7-8,11-24,26-28H2,(H,46,51). The van der Waals surface area contributed by atoms with Crippen molar-refractivity contribution < 1.29 is 52.0 Å². The number of piperidine rings is 1. The summed E-state index contributed by atoms with van der Waals surface area (Å²) in [7, 11) is 0. The first kappa shape index (κ1) is 42.6. The first-order valence-electron chi connectivity index (χ1n) is 20.2. The van der Waals surface area contributed by atoms with Crippen LogP contribution in [0.3, 0.4) is 0 Å². The molecule has 57 heavy (non-hydrogen) atoms. The third-order valence-electron chi connectivity index (χ3n) is 11.5. The number of amides is 3. The quantitative estimate of drug-likeness (QED) is 0.146. The smallest absolute Gasteiger partial charge is 0.423 e. The molecule has 16 heteroatoms. The van der Waals surface area contributed by atoms with Crippen LogP contribution in [0.2, 0.25) is 0 Å². The number of fused-ring (bicyclic) bond motifs is 1. The van der Waals surface area contributed by atoms with Crippen LogP contribution in [0.15, 0.2) is 36.4 Å². The number of likely N-dealkylation sites (tertiary alicyclic amines) is 1. The molecule has 2 aromatic rings. The van der Waals surface area contributed by atoms with E-state index >= 15 is 0 Å². The molecule has 0 bridgehead atoms. The van der Waals surface area contributed by atoms with Gasteiger partial charge in [-0.3, -0.25) is 19.3 Å². The molecule has 3 amide bonds. The Morgan fingerprint density at radius 1 is 1.04 bits per heavy atom. The van der Waals surface area contributed by atoms with Gasteiger partial charge in [-0.1, -0.05) is 49.6 Å². The number of hydrogen-bond acceptors (Lipinski definition) is 10. The van der Waals surface area contributed by atoms with Gasteiger partial charge in [0.05, 0.1) is 31.8 Å². The minimum Gasteiger partial charge on any atom is -0.506 e. The van der Waals surface area contributed by atoms with Gasteiger partial charge in [-0.2, -0.15) is 13.2 Å². The third kappa shape index (κ3) is 11.6. The van der Waals surface area contributed by atoms with Crippen molar-refractivity contribution in [1.82, 2.24) is 20.0 Å². The van der Waals surface area contributed by atoms with E-state index in [2.05, 4.69) is 33.7 Å². The molecule has 6 rings (SSSR count). The highest BCUT2D eigenvalue weighted by atomic mass is 19.4. The highest BCUT2D eigenvalue weighted by Crippen LogP contribution is 2.39. The van der Waals surface area contributed by atoms with Crippen LogP contribution >= 0.6 is 0 Å². The molecule has 0 radical (unpaired) electrons. The Morgan fingerprint density at radius 2 is 1.81 bits per heavy atom. The molecule has 314 valence electrons. The lowest BCUT2D eigenvalue weighted by molar-refractivity contribution is -0.217. The van der Waals surface area contributed by atoms with Gasteiger partial charge in [0.25, 0.3) is 11.8 Å². The fourth-order valence-electron chi connectivity index (χ4n) is 8.37. The Balaban J connectivity index is 0.898. The SMILES string of the molecule is O=C1COc2c(CCNCCN(C(=O)CCOCCc3cccc(CN4CCC5(CC4)CN(C(=O)C(O)C(F)(F)F)CCO5)c3)C3CCCCC3)ccc(O)c2N1. The number of ether oxygens (including phenoxy) is 3. The van der Waals surface area contributed by atoms with E-state index < -0.39 is 23.8 Å². The second-order valence-corrected chi connectivity index (χ2v) is 15.6. The van der Waals surface area contributed by atoms with E-state index in [-0.39, 0.29) is 49.9 Å². The number of aliphatic hydroxyl groups excluding tert-OH is 1. The number of nitrogens with zero attached hydrogens (tertiary/aromatic N) is 3. The lowest BCUT2D eigenvalue weighted by Crippen LogP contribution is -2.60. The second kappa shape index (κ2) is 19.7. The van der Waals surface area contributed by atoms with Crippen molar-refractivity contribution in [3.8, 4) is 11.5 Å². The van der Waals surface area contributed by atoms with E-state index in [1.165, 1.54) is 6.42 Å². The van der Waals surface area contributed by atoms with Gasteiger partial charge < -0.3 is 44.9 Å². The molecule has 3 heterocycles. The van der Waals surface area contributed by atoms with Crippen LogP contribution in [0.5, 0.6) is 11.5 Å². The fourth-order valence-corrected chi connectivity index (χ4v) is 8.37. The number of phenolic OH excluding ortho intramolecular Hbond substituents is 1. The second-order valence-electron chi connectivity index (χ2n) is 15.6. The van der Waals surface area contributed by atoms with Crippen LogP contribution < -0.4 is 15.4 Å². The van der Waals surface area contributed by atoms with Gasteiger partial charge in [-0.15, -0.1) is 0 Å². The zero-order chi connectivity index (χ0) is 40.4. The maximum absolute atomic E-state index is 13.5. The van der Waals surface area contributed by atoms with E-state index in [0.29, 0.717) is 96.0 Å². The summed E-state index contributed by atoms with van der Waals surface area (Å²) in [6.45, 7) is 4.85. The summed E-state index contributed by atoms with van der Waals surface area (Å²) in [5.41, 5.74) is 2.74. The van der Waals surface area contributed by atoms with E-state index in [0.717, 1.165) is 47.3 Å². The largest absolute Gasteiger partial charge is 0.506 e. The number of benzene rings is 2. The van der Waals surface area contributed by atoms with Gasteiger partial charge in [0.2, 0.25) is 12.0 Å². The zero-order valence-electron chi connectivity index (χ0n) is 32.5. The van der Waals surface area contributed by atoms with Crippen LogP contribution in [-0.4, -0.2) is 139 Å². The van der Waals surface area contributed by atoms with Crippen LogP contribution in [0.1, 0.15) is 68.1 Å². The van der Waals surface area contributed by atoms with Crippen molar-refractivity contribution in [1.29, 1.82) is 0 Å². The molecule has 2 aromatic carbocycles. The fraction of sp³-hybridized carbons (Fsp3) is 0.634. The number of halogens is 3. The number of carbonyl (C=O) groups excluding carboxylic acids is 3. The van der Waals surface area contributed by atoms with E-state index in [1.807, 2.05) is 11.0 Å². The summed E-state index contributed by atoms with van der Waals surface area (Å²) in [6, 6.07) is 11.9. The first-order valence-corrected chi connectivity index (χ1v) is 20.2. The molecule has 4 aliphatic rings. The maximum atomic E-state index is 13.5. The van der Waals surface area contributed by atoms with Crippen molar-refractivity contribution in [3.63, 3.8) is 0 Å². The molecular formula is C41H56F3N5O8. The van der Waals surface area contributed by atoms with Gasteiger partial charge in [0.1, 0.15) is 11.4 Å². The third-order valence-corrected chi connectivity index (χ3v) is 11.5. The first-order chi connectivity index (χ1) is 27.4. The predicted octanol–water partition coefficient (Wildman–Crippen LogP) is 3.78. The number of aromatic hydroxyl groups is 1. The van der Waals surface area contributed by atoms with Crippen molar-refractivity contribution in [3.05, 3.63) is 53.1 Å². The molecule has 13 nitrogen and oxygen atoms in total. The summed E-state index contributed by atoms with van der Waals surface area (Å²) >= 11 is 0. The monoisotopic (exact) mass is 803 g/mol. The Morgan fingerprint density at radius 3 is 2.58 bits per heavy atom. The molecule has 1 unspecified atom stereocenters. The Bertz CT molecular complexity index is 1680. The molecule has 3 fully saturated rings. The van der Waals surface area contributed by atoms with Crippen molar-refractivity contribution >= 4 is 23.4 Å². The summed E-state index contributed by atoms with van der Waals surface area (Å²) in [5.74, 6) is -1.05. The molecule has 3 aliphatic heterocycles. The van der Waals surface area contributed by atoms with Crippen LogP contribution in [0.25, 0.3) is 0 Å². The van der Waals surface area contributed by atoms with Gasteiger partial charge in [-0.25, -0.2) is 0 Å². The number of carbonyl (C=O) groups is 3. The van der Waals surface area contributed by atoms with Gasteiger partial charge in [-0.05, 0) is 67.8 Å². The number of nitrogens with one attached hydrogen (secondary N) is 2. The van der Waals surface area contributed by atoms with E-state index in [1.54, 1.807) is 12.1 Å². The number of phenols is 1. The van der Waals surface area contributed by atoms with Gasteiger partial charge in [0, 0.05) is 51.9 Å². The normalized spacial score (nSPS) is 19.4. The van der Waals surface area contributed by atoms with E-state index in [4.69, 9.17) is 14.2 Å².